The molecule has 0 unspecified atom stereocenters. The largest absolute Gasteiger partial charge is 0.416 e. The molecule has 2 aromatic carbocycles. The van der Waals surface area contributed by atoms with Crippen LogP contribution in [0.3, 0.4) is 0 Å². The predicted molar refractivity (Wildman–Crippen MR) is 107 cm³/mol. The summed E-state index contributed by atoms with van der Waals surface area (Å²) in [4.78, 5) is 4.31. The molecule has 10 heteroatoms. The van der Waals surface area contributed by atoms with Gasteiger partial charge < -0.3 is 4.52 Å². The third-order valence-electron chi connectivity index (χ3n) is 5.37. The minimum Gasteiger partial charge on any atom is -0.339 e. The maximum absolute atomic E-state index is 12.8. The summed E-state index contributed by atoms with van der Waals surface area (Å²) in [7, 11) is -3.87. The number of alkyl halides is 3. The van der Waals surface area contributed by atoms with Gasteiger partial charge in [0.25, 0.3) is 0 Å². The van der Waals surface area contributed by atoms with Gasteiger partial charge in [0.2, 0.25) is 21.7 Å². The van der Waals surface area contributed by atoms with E-state index >= 15 is 0 Å². The van der Waals surface area contributed by atoms with Crippen molar-refractivity contribution in [3.05, 3.63) is 65.5 Å². The first-order valence-electron chi connectivity index (χ1n) is 9.72. The first kappa shape index (κ1) is 21.5. The Morgan fingerprint density at radius 1 is 1.00 bits per heavy atom. The van der Waals surface area contributed by atoms with Crippen molar-refractivity contribution in [2.24, 2.45) is 0 Å². The molecule has 1 fully saturated rings. The van der Waals surface area contributed by atoms with Crippen molar-refractivity contribution in [3.63, 3.8) is 0 Å². The number of aromatic nitrogens is 2. The number of benzene rings is 2. The van der Waals surface area contributed by atoms with Crippen LogP contribution in [0.4, 0.5) is 13.2 Å². The number of piperidine rings is 1. The number of aryl methyl sites for hydroxylation is 1. The molecule has 0 spiro atoms. The molecule has 6 nitrogen and oxygen atoms in total. The van der Waals surface area contributed by atoms with Crippen LogP contribution < -0.4 is 0 Å². The number of sulfonamides is 1. The fourth-order valence-electron chi connectivity index (χ4n) is 3.53. The van der Waals surface area contributed by atoms with Crippen LogP contribution >= 0.6 is 0 Å². The highest BCUT2D eigenvalue weighted by atomic mass is 32.2. The molecule has 0 N–H and O–H groups in total. The summed E-state index contributed by atoms with van der Waals surface area (Å²) in [5.74, 6) is 0.864. The Bertz CT molecular complexity index is 1150. The average Bonchev–Trinajstić information content (AvgIpc) is 3.24. The molecular formula is C21H20F3N3O3S. The van der Waals surface area contributed by atoms with Gasteiger partial charge in [0.15, 0.2) is 0 Å². The summed E-state index contributed by atoms with van der Waals surface area (Å²) < 4.78 is 70.5. The molecule has 0 aliphatic carbocycles. The molecular weight excluding hydrogens is 431 g/mol. The lowest BCUT2D eigenvalue weighted by atomic mass is 9.98. The Kier molecular flexibility index (Phi) is 5.61. The molecule has 0 radical (unpaired) electrons. The summed E-state index contributed by atoms with van der Waals surface area (Å²) in [6.45, 7) is 2.42. The Hall–Kier alpha value is -2.72. The van der Waals surface area contributed by atoms with Crippen molar-refractivity contribution < 1.29 is 26.1 Å². The van der Waals surface area contributed by atoms with Gasteiger partial charge in [0.05, 0.1) is 10.5 Å². The number of halogens is 3. The zero-order chi connectivity index (χ0) is 22.2. The number of nitrogens with zero attached hydrogens (tertiary/aromatic N) is 3. The van der Waals surface area contributed by atoms with Gasteiger partial charge in [-0.15, -0.1) is 0 Å². The van der Waals surface area contributed by atoms with Gasteiger partial charge in [0, 0.05) is 24.6 Å². The van der Waals surface area contributed by atoms with Crippen LogP contribution in [-0.4, -0.2) is 36.0 Å². The van der Waals surface area contributed by atoms with Crippen LogP contribution in [0.1, 0.15) is 35.8 Å². The molecule has 3 aromatic rings. The third kappa shape index (κ3) is 4.49. The number of rotatable bonds is 4. The van der Waals surface area contributed by atoms with E-state index in [-0.39, 0.29) is 23.9 Å². The van der Waals surface area contributed by atoms with E-state index < -0.39 is 21.8 Å². The molecule has 164 valence electrons. The van der Waals surface area contributed by atoms with Crippen LogP contribution in [0.25, 0.3) is 11.4 Å². The standard InChI is InChI=1S/C21H20F3N3O3S/c1-14-2-4-15(5-3-14)19-25-20(30-26-19)16-10-12-27(13-11-16)31(28,29)18-8-6-17(7-9-18)21(22,23)24/h2-9,16H,10-13H2,1H3. The second kappa shape index (κ2) is 8.08. The van der Waals surface area contributed by atoms with E-state index in [1.807, 2.05) is 31.2 Å². The quantitative estimate of drug-likeness (QED) is 0.578. The molecule has 31 heavy (non-hydrogen) atoms. The Morgan fingerprint density at radius 3 is 2.19 bits per heavy atom. The fraction of sp³-hybridized carbons (Fsp3) is 0.333. The highest BCUT2D eigenvalue weighted by molar-refractivity contribution is 7.89. The summed E-state index contributed by atoms with van der Waals surface area (Å²) >= 11 is 0. The lowest BCUT2D eigenvalue weighted by Gasteiger charge is -2.29. The van der Waals surface area contributed by atoms with Crippen molar-refractivity contribution in [3.8, 4) is 11.4 Å². The van der Waals surface area contributed by atoms with Crippen molar-refractivity contribution in [2.75, 3.05) is 13.1 Å². The molecule has 1 aromatic heterocycles. The Morgan fingerprint density at radius 2 is 1.61 bits per heavy atom. The van der Waals surface area contributed by atoms with Crippen molar-refractivity contribution in [2.45, 2.75) is 36.8 Å². The molecule has 2 heterocycles. The normalized spacial score (nSPS) is 16.5. The zero-order valence-electron chi connectivity index (χ0n) is 16.6. The van der Waals surface area contributed by atoms with Gasteiger partial charge in [-0.1, -0.05) is 35.0 Å². The van der Waals surface area contributed by atoms with Gasteiger partial charge in [-0.2, -0.15) is 22.5 Å². The maximum Gasteiger partial charge on any atom is 0.416 e. The van der Waals surface area contributed by atoms with Gasteiger partial charge >= 0.3 is 6.18 Å². The van der Waals surface area contributed by atoms with E-state index in [2.05, 4.69) is 10.1 Å². The summed E-state index contributed by atoms with van der Waals surface area (Å²) in [6, 6.07) is 11.3. The lowest BCUT2D eigenvalue weighted by molar-refractivity contribution is -0.137. The summed E-state index contributed by atoms with van der Waals surface area (Å²) in [6.07, 6.45) is -3.55. The highest BCUT2D eigenvalue weighted by Gasteiger charge is 2.34. The molecule has 1 aliphatic heterocycles. The molecule has 0 amide bonds. The molecule has 4 rings (SSSR count). The number of hydrogen-bond donors (Lipinski definition) is 0. The van der Waals surface area contributed by atoms with E-state index in [0.29, 0.717) is 24.6 Å². The molecule has 1 aliphatic rings. The van der Waals surface area contributed by atoms with E-state index in [1.54, 1.807) is 0 Å². The Balaban J connectivity index is 1.43. The van der Waals surface area contributed by atoms with Crippen LogP contribution in [0.15, 0.2) is 57.9 Å². The predicted octanol–water partition coefficient (Wildman–Crippen LogP) is 4.63. The van der Waals surface area contributed by atoms with Gasteiger partial charge in [-0.25, -0.2) is 8.42 Å². The van der Waals surface area contributed by atoms with E-state index in [0.717, 1.165) is 35.4 Å². The smallest absolute Gasteiger partial charge is 0.339 e. The summed E-state index contributed by atoms with van der Waals surface area (Å²) in [5.41, 5.74) is 1.07. The first-order chi connectivity index (χ1) is 14.6. The maximum atomic E-state index is 12.8. The fourth-order valence-corrected chi connectivity index (χ4v) is 5.00. The minimum atomic E-state index is -4.51. The lowest BCUT2D eigenvalue weighted by Crippen LogP contribution is -2.38. The van der Waals surface area contributed by atoms with E-state index in [4.69, 9.17) is 4.52 Å². The second-order valence-electron chi connectivity index (χ2n) is 7.52. The molecule has 0 saturated carbocycles. The van der Waals surface area contributed by atoms with Crippen molar-refractivity contribution in [1.29, 1.82) is 0 Å². The topological polar surface area (TPSA) is 76.3 Å². The van der Waals surface area contributed by atoms with Crippen LogP contribution in [0.2, 0.25) is 0 Å². The first-order valence-corrected chi connectivity index (χ1v) is 11.2. The van der Waals surface area contributed by atoms with Crippen molar-refractivity contribution >= 4 is 10.0 Å². The van der Waals surface area contributed by atoms with Gasteiger partial charge in [-0.05, 0) is 44.0 Å². The molecule has 0 atom stereocenters. The van der Waals surface area contributed by atoms with Crippen LogP contribution in [-0.2, 0) is 16.2 Å². The molecule has 0 bridgehead atoms. The number of hydrogen-bond acceptors (Lipinski definition) is 5. The van der Waals surface area contributed by atoms with Crippen LogP contribution in [0, 0.1) is 6.92 Å². The minimum absolute atomic E-state index is 0.0780. The van der Waals surface area contributed by atoms with Gasteiger partial charge in [0.1, 0.15) is 0 Å². The monoisotopic (exact) mass is 451 g/mol. The third-order valence-corrected chi connectivity index (χ3v) is 7.29. The summed E-state index contributed by atoms with van der Waals surface area (Å²) in [5, 5.41) is 4.02. The van der Waals surface area contributed by atoms with Gasteiger partial charge in [-0.3, -0.25) is 0 Å². The SMILES string of the molecule is Cc1ccc(-c2noc(C3CCN(S(=O)(=O)c4ccc(C(F)(F)F)cc4)CC3)n2)cc1. The Labute approximate surface area is 177 Å². The molecule has 1 saturated heterocycles. The second-order valence-corrected chi connectivity index (χ2v) is 9.46. The van der Waals surface area contributed by atoms with E-state index in [1.165, 1.54) is 4.31 Å². The average molecular weight is 451 g/mol. The zero-order valence-corrected chi connectivity index (χ0v) is 17.4. The van der Waals surface area contributed by atoms with Crippen molar-refractivity contribution in [1.82, 2.24) is 14.4 Å². The van der Waals surface area contributed by atoms with Crippen LogP contribution in [0.5, 0.6) is 0 Å². The highest BCUT2D eigenvalue weighted by Crippen LogP contribution is 2.33. The van der Waals surface area contributed by atoms with E-state index in [9.17, 15) is 21.6 Å².